The molecule has 1 N–H and O–H groups in total. The van der Waals surface area contributed by atoms with E-state index in [1.165, 1.54) is 25.0 Å². The lowest BCUT2D eigenvalue weighted by Gasteiger charge is -2.12. The van der Waals surface area contributed by atoms with Gasteiger partial charge in [0.25, 0.3) is 0 Å². The molecule has 1 saturated carbocycles. The highest BCUT2D eigenvalue weighted by molar-refractivity contribution is 6.32. The van der Waals surface area contributed by atoms with Gasteiger partial charge in [0.1, 0.15) is 11.6 Å². The minimum Gasteiger partial charge on any atom is -0.491 e. The molecule has 0 atom stereocenters. The average molecular weight is 245 g/mol. The number of halogens is 2. The van der Waals surface area contributed by atoms with E-state index in [-0.39, 0.29) is 11.6 Å². The first-order valence-electron chi connectivity index (χ1n) is 5.42. The maximum Gasteiger partial charge on any atom is 0.141 e. The Morgan fingerprint density at radius 1 is 1.44 bits per heavy atom. The molecular formula is C12H14ClFO2. The van der Waals surface area contributed by atoms with Crippen molar-refractivity contribution in [3.05, 3.63) is 28.5 Å². The van der Waals surface area contributed by atoms with Crippen LogP contribution in [0.5, 0.6) is 5.75 Å². The standard InChI is InChI=1S/C12H14ClFO2/c13-11-6-10(14)5-9(3-4-15)12(11)16-7-8-1-2-8/h5-6,8,15H,1-4,7H2. The van der Waals surface area contributed by atoms with Gasteiger partial charge in [0, 0.05) is 12.2 Å². The van der Waals surface area contributed by atoms with Gasteiger partial charge in [-0.25, -0.2) is 4.39 Å². The largest absolute Gasteiger partial charge is 0.491 e. The Balaban J connectivity index is 2.16. The van der Waals surface area contributed by atoms with Crippen LogP contribution in [-0.2, 0) is 6.42 Å². The summed E-state index contributed by atoms with van der Waals surface area (Å²) in [4.78, 5) is 0. The van der Waals surface area contributed by atoms with Gasteiger partial charge in [-0.05, 0) is 37.3 Å². The lowest BCUT2D eigenvalue weighted by atomic mass is 10.1. The summed E-state index contributed by atoms with van der Waals surface area (Å²) in [7, 11) is 0. The van der Waals surface area contributed by atoms with Crippen LogP contribution in [0, 0.1) is 11.7 Å². The number of ether oxygens (including phenoxy) is 1. The highest BCUT2D eigenvalue weighted by Gasteiger charge is 2.23. The number of benzene rings is 1. The van der Waals surface area contributed by atoms with Crippen LogP contribution in [-0.4, -0.2) is 18.3 Å². The van der Waals surface area contributed by atoms with Crippen molar-refractivity contribution in [2.45, 2.75) is 19.3 Å². The number of aliphatic hydroxyl groups excluding tert-OH is 1. The molecule has 0 aliphatic heterocycles. The van der Waals surface area contributed by atoms with E-state index in [9.17, 15) is 4.39 Å². The van der Waals surface area contributed by atoms with E-state index >= 15 is 0 Å². The van der Waals surface area contributed by atoms with Crippen LogP contribution < -0.4 is 4.74 Å². The normalized spacial score (nSPS) is 15.2. The summed E-state index contributed by atoms with van der Waals surface area (Å²) in [5, 5.41) is 9.18. The average Bonchev–Trinajstić information content (AvgIpc) is 3.00. The van der Waals surface area contributed by atoms with Crippen molar-refractivity contribution in [1.29, 1.82) is 0 Å². The summed E-state index contributed by atoms with van der Waals surface area (Å²) >= 11 is 5.93. The van der Waals surface area contributed by atoms with Crippen LogP contribution in [0.1, 0.15) is 18.4 Å². The molecule has 0 spiro atoms. The zero-order valence-electron chi connectivity index (χ0n) is 8.88. The van der Waals surface area contributed by atoms with Crippen LogP contribution in [0.25, 0.3) is 0 Å². The molecule has 1 aromatic carbocycles. The molecule has 0 unspecified atom stereocenters. The summed E-state index contributed by atoms with van der Waals surface area (Å²) in [5.41, 5.74) is 0.633. The topological polar surface area (TPSA) is 29.5 Å². The third kappa shape index (κ3) is 2.86. The van der Waals surface area contributed by atoms with Gasteiger partial charge < -0.3 is 9.84 Å². The van der Waals surface area contributed by atoms with Gasteiger partial charge in [-0.2, -0.15) is 0 Å². The smallest absolute Gasteiger partial charge is 0.141 e. The molecule has 4 heteroatoms. The van der Waals surface area contributed by atoms with Gasteiger partial charge in [0.15, 0.2) is 0 Å². The second kappa shape index (κ2) is 5.02. The molecule has 0 heterocycles. The summed E-state index contributed by atoms with van der Waals surface area (Å²) in [6, 6.07) is 2.61. The predicted molar refractivity (Wildman–Crippen MR) is 60.4 cm³/mol. The fraction of sp³-hybridized carbons (Fsp3) is 0.500. The Labute approximate surface area is 99.0 Å². The molecule has 2 nitrogen and oxygen atoms in total. The van der Waals surface area contributed by atoms with Gasteiger partial charge in [-0.1, -0.05) is 11.6 Å². The van der Waals surface area contributed by atoms with Crippen molar-refractivity contribution in [1.82, 2.24) is 0 Å². The Morgan fingerprint density at radius 3 is 2.81 bits per heavy atom. The van der Waals surface area contributed by atoms with Crippen molar-refractivity contribution in [2.24, 2.45) is 5.92 Å². The number of aliphatic hydroxyl groups is 1. The number of hydrogen-bond acceptors (Lipinski definition) is 2. The molecule has 1 aliphatic carbocycles. The van der Waals surface area contributed by atoms with Gasteiger partial charge in [-0.3, -0.25) is 0 Å². The fourth-order valence-corrected chi connectivity index (χ4v) is 1.85. The maximum absolute atomic E-state index is 13.1. The first-order valence-corrected chi connectivity index (χ1v) is 5.80. The van der Waals surface area contributed by atoms with Crippen LogP contribution in [0.3, 0.4) is 0 Å². The molecule has 1 aromatic rings. The Bertz CT molecular complexity index is 378. The molecule has 88 valence electrons. The van der Waals surface area contributed by atoms with E-state index in [1.807, 2.05) is 0 Å². The van der Waals surface area contributed by atoms with Gasteiger partial charge in [0.2, 0.25) is 0 Å². The predicted octanol–water partition coefficient (Wildman–Crippen LogP) is 2.80. The van der Waals surface area contributed by atoms with Crippen molar-refractivity contribution >= 4 is 11.6 Å². The summed E-state index contributed by atoms with van der Waals surface area (Å²) in [6.07, 6.45) is 2.74. The number of hydrogen-bond donors (Lipinski definition) is 1. The fourth-order valence-electron chi connectivity index (χ4n) is 1.57. The van der Waals surface area contributed by atoms with Crippen LogP contribution >= 0.6 is 11.6 Å². The Kier molecular flexibility index (Phi) is 3.66. The van der Waals surface area contributed by atoms with Gasteiger partial charge in [-0.15, -0.1) is 0 Å². The molecule has 1 aliphatic rings. The molecule has 0 amide bonds. The lowest BCUT2D eigenvalue weighted by Crippen LogP contribution is -2.04. The summed E-state index contributed by atoms with van der Waals surface area (Å²) in [6.45, 7) is 0.587. The Morgan fingerprint density at radius 2 is 2.19 bits per heavy atom. The zero-order chi connectivity index (χ0) is 11.5. The SMILES string of the molecule is OCCc1cc(F)cc(Cl)c1OCC1CC1. The van der Waals surface area contributed by atoms with E-state index in [2.05, 4.69) is 0 Å². The number of rotatable bonds is 5. The third-order valence-corrected chi connectivity index (χ3v) is 2.91. The molecule has 0 saturated heterocycles. The van der Waals surface area contributed by atoms with Crippen molar-refractivity contribution in [3.63, 3.8) is 0 Å². The highest BCUT2D eigenvalue weighted by atomic mass is 35.5. The van der Waals surface area contributed by atoms with Gasteiger partial charge >= 0.3 is 0 Å². The van der Waals surface area contributed by atoms with Crippen molar-refractivity contribution in [2.75, 3.05) is 13.2 Å². The Hall–Kier alpha value is -0.800. The molecule has 16 heavy (non-hydrogen) atoms. The summed E-state index contributed by atoms with van der Waals surface area (Å²) < 4.78 is 18.7. The second-order valence-corrected chi connectivity index (χ2v) is 4.51. The quantitative estimate of drug-likeness (QED) is 0.863. The van der Waals surface area contributed by atoms with Crippen LogP contribution in [0.4, 0.5) is 4.39 Å². The van der Waals surface area contributed by atoms with Crippen LogP contribution in [0.2, 0.25) is 5.02 Å². The minimum absolute atomic E-state index is 0.0421. The highest BCUT2D eigenvalue weighted by Crippen LogP contribution is 2.34. The van der Waals surface area contributed by atoms with Crippen LogP contribution in [0.15, 0.2) is 12.1 Å². The zero-order valence-corrected chi connectivity index (χ0v) is 9.63. The van der Waals surface area contributed by atoms with Crippen molar-refractivity contribution < 1.29 is 14.2 Å². The lowest BCUT2D eigenvalue weighted by molar-refractivity contribution is 0.281. The molecular weight excluding hydrogens is 231 g/mol. The first kappa shape index (κ1) is 11.7. The van der Waals surface area contributed by atoms with E-state index in [0.717, 1.165) is 0 Å². The van der Waals surface area contributed by atoms with Gasteiger partial charge in [0.05, 0.1) is 11.6 Å². The second-order valence-electron chi connectivity index (χ2n) is 4.10. The molecule has 1 fully saturated rings. The van der Waals surface area contributed by atoms with E-state index < -0.39 is 5.82 Å². The molecule has 2 rings (SSSR count). The first-order chi connectivity index (χ1) is 7.70. The third-order valence-electron chi connectivity index (χ3n) is 2.63. The minimum atomic E-state index is -0.396. The van der Waals surface area contributed by atoms with E-state index in [1.54, 1.807) is 0 Å². The molecule has 0 radical (unpaired) electrons. The van der Waals surface area contributed by atoms with E-state index in [4.69, 9.17) is 21.4 Å². The molecule has 0 bridgehead atoms. The maximum atomic E-state index is 13.1. The molecule has 0 aromatic heterocycles. The monoisotopic (exact) mass is 244 g/mol. The van der Waals surface area contributed by atoms with Crippen molar-refractivity contribution in [3.8, 4) is 5.75 Å². The summed E-state index contributed by atoms with van der Waals surface area (Å²) in [5.74, 6) is 0.735. The van der Waals surface area contributed by atoms with E-state index in [0.29, 0.717) is 30.3 Å².